The molecule has 2 rings (SSSR count). The van der Waals surface area contributed by atoms with Gasteiger partial charge in [0.2, 0.25) is 0 Å². The van der Waals surface area contributed by atoms with E-state index in [1.165, 1.54) is 42.6 Å². The van der Waals surface area contributed by atoms with E-state index in [9.17, 15) is 0 Å². The molecule has 2 unspecified atom stereocenters. The van der Waals surface area contributed by atoms with E-state index in [-0.39, 0.29) is 0 Å². The highest BCUT2D eigenvalue weighted by Crippen LogP contribution is 2.23. The molecule has 1 aromatic heterocycles. The zero-order valence-corrected chi connectivity index (χ0v) is 12.3. The molecule has 0 spiro atoms. The summed E-state index contributed by atoms with van der Waals surface area (Å²) in [5, 5.41) is 8.28. The molecule has 2 atom stereocenters. The summed E-state index contributed by atoms with van der Waals surface area (Å²) < 4.78 is 2.14. The molecule has 0 amide bonds. The minimum atomic E-state index is 0.729. The summed E-state index contributed by atoms with van der Waals surface area (Å²) in [4.78, 5) is 0. The maximum atomic E-state index is 4.58. The Bertz CT molecular complexity index is 395. The Morgan fingerprint density at radius 3 is 2.67 bits per heavy atom. The van der Waals surface area contributed by atoms with Gasteiger partial charge in [-0.1, -0.05) is 19.8 Å². The van der Waals surface area contributed by atoms with Crippen LogP contribution in [0.4, 0.5) is 0 Å². The molecule has 102 valence electrons. The molecule has 1 N–H and O–H groups in total. The summed E-state index contributed by atoms with van der Waals surface area (Å²) in [5.41, 5.74) is 3.81. The lowest BCUT2D eigenvalue weighted by molar-refractivity contribution is 0.297. The van der Waals surface area contributed by atoms with E-state index in [0.717, 1.165) is 25.0 Å². The molecule has 1 aliphatic carbocycles. The van der Waals surface area contributed by atoms with Crippen molar-refractivity contribution in [2.24, 2.45) is 5.92 Å². The summed E-state index contributed by atoms with van der Waals surface area (Å²) in [6.07, 6.45) is 5.49. The average molecular weight is 249 g/mol. The number of rotatable bonds is 4. The second kappa shape index (κ2) is 5.87. The number of aryl methyl sites for hydroxylation is 1. The van der Waals surface area contributed by atoms with Gasteiger partial charge in [0, 0.05) is 18.3 Å². The Morgan fingerprint density at radius 1 is 1.28 bits per heavy atom. The standard InChI is InChI=1S/C15H27N3/c1-11-6-5-7-15(10-11)16-8-9-18-14(4)12(2)13(3)17-18/h11,15-16H,5-10H2,1-4H3. The van der Waals surface area contributed by atoms with Crippen LogP contribution in [0.5, 0.6) is 0 Å². The van der Waals surface area contributed by atoms with Crippen LogP contribution in [-0.4, -0.2) is 22.4 Å². The van der Waals surface area contributed by atoms with Crippen molar-refractivity contribution in [3.05, 3.63) is 17.0 Å². The number of hydrogen-bond acceptors (Lipinski definition) is 2. The first-order chi connectivity index (χ1) is 8.58. The van der Waals surface area contributed by atoms with Crippen molar-refractivity contribution in [2.45, 2.75) is 66.0 Å². The Morgan fingerprint density at radius 2 is 2.06 bits per heavy atom. The molecule has 1 fully saturated rings. The molecular formula is C15H27N3. The molecule has 0 saturated heterocycles. The molecule has 0 radical (unpaired) electrons. The summed E-state index contributed by atoms with van der Waals surface area (Å²) in [7, 11) is 0. The Balaban J connectivity index is 1.79. The lowest BCUT2D eigenvalue weighted by Crippen LogP contribution is -2.35. The minimum absolute atomic E-state index is 0.729. The molecule has 3 nitrogen and oxygen atoms in total. The highest BCUT2D eigenvalue weighted by Gasteiger charge is 2.18. The van der Waals surface area contributed by atoms with E-state index in [0.29, 0.717) is 0 Å². The largest absolute Gasteiger partial charge is 0.312 e. The average Bonchev–Trinajstić information content (AvgIpc) is 2.57. The highest BCUT2D eigenvalue weighted by molar-refractivity contribution is 5.22. The van der Waals surface area contributed by atoms with Gasteiger partial charge in [0.05, 0.1) is 12.2 Å². The Kier molecular flexibility index (Phi) is 4.44. The molecular weight excluding hydrogens is 222 g/mol. The van der Waals surface area contributed by atoms with Gasteiger partial charge in [-0.2, -0.15) is 5.10 Å². The third-order valence-electron chi connectivity index (χ3n) is 4.44. The first-order valence-corrected chi connectivity index (χ1v) is 7.32. The molecule has 0 aliphatic heterocycles. The fourth-order valence-electron chi connectivity index (χ4n) is 3.00. The minimum Gasteiger partial charge on any atom is -0.312 e. The third kappa shape index (κ3) is 3.14. The van der Waals surface area contributed by atoms with Gasteiger partial charge in [-0.3, -0.25) is 4.68 Å². The van der Waals surface area contributed by atoms with E-state index in [1.54, 1.807) is 0 Å². The normalized spacial score (nSPS) is 24.4. The summed E-state index contributed by atoms with van der Waals surface area (Å²) >= 11 is 0. The quantitative estimate of drug-likeness (QED) is 0.889. The maximum Gasteiger partial charge on any atom is 0.0625 e. The van der Waals surface area contributed by atoms with Gasteiger partial charge in [-0.15, -0.1) is 0 Å². The van der Waals surface area contributed by atoms with Gasteiger partial charge in [0.1, 0.15) is 0 Å². The van der Waals surface area contributed by atoms with Gasteiger partial charge in [0.15, 0.2) is 0 Å². The van der Waals surface area contributed by atoms with Crippen molar-refractivity contribution in [1.82, 2.24) is 15.1 Å². The topological polar surface area (TPSA) is 29.9 Å². The number of nitrogens with one attached hydrogen (secondary N) is 1. The van der Waals surface area contributed by atoms with Gasteiger partial charge in [0.25, 0.3) is 0 Å². The summed E-state index contributed by atoms with van der Waals surface area (Å²) in [6.45, 7) is 10.8. The first kappa shape index (κ1) is 13.6. The second-order valence-electron chi connectivity index (χ2n) is 5.94. The predicted molar refractivity (Wildman–Crippen MR) is 75.9 cm³/mol. The molecule has 3 heteroatoms. The maximum absolute atomic E-state index is 4.58. The fraction of sp³-hybridized carbons (Fsp3) is 0.800. The number of nitrogens with zero attached hydrogens (tertiary/aromatic N) is 2. The molecule has 1 saturated carbocycles. The third-order valence-corrected chi connectivity index (χ3v) is 4.44. The zero-order chi connectivity index (χ0) is 13.1. The van der Waals surface area contributed by atoms with Crippen molar-refractivity contribution < 1.29 is 0 Å². The van der Waals surface area contributed by atoms with Crippen LogP contribution in [-0.2, 0) is 6.54 Å². The SMILES string of the molecule is Cc1nn(CCNC2CCCC(C)C2)c(C)c1C. The molecule has 0 bridgehead atoms. The van der Waals surface area contributed by atoms with Crippen molar-refractivity contribution in [2.75, 3.05) is 6.54 Å². The van der Waals surface area contributed by atoms with Crippen LogP contribution in [0, 0.1) is 26.7 Å². The number of aromatic nitrogens is 2. The lowest BCUT2D eigenvalue weighted by atomic mass is 9.87. The Labute approximate surface area is 111 Å². The monoisotopic (exact) mass is 249 g/mol. The molecule has 18 heavy (non-hydrogen) atoms. The van der Waals surface area contributed by atoms with E-state index in [2.05, 4.69) is 42.8 Å². The molecule has 1 heterocycles. The van der Waals surface area contributed by atoms with Crippen molar-refractivity contribution in [3.8, 4) is 0 Å². The highest BCUT2D eigenvalue weighted by atomic mass is 15.3. The molecule has 1 aliphatic rings. The molecule has 0 aromatic carbocycles. The van der Waals surface area contributed by atoms with Crippen molar-refractivity contribution in [1.29, 1.82) is 0 Å². The van der Waals surface area contributed by atoms with Gasteiger partial charge in [-0.25, -0.2) is 0 Å². The zero-order valence-electron chi connectivity index (χ0n) is 12.3. The summed E-state index contributed by atoms with van der Waals surface area (Å²) in [6, 6.07) is 0.729. The van der Waals surface area contributed by atoms with Crippen LogP contribution >= 0.6 is 0 Å². The van der Waals surface area contributed by atoms with E-state index in [4.69, 9.17) is 0 Å². The van der Waals surface area contributed by atoms with Crippen LogP contribution in [0.15, 0.2) is 0 Å². The van der Waals surface area contributed by atoms with Crippen LogP contribution in [0.1, 0.15) is 49.6 Å². The fourth-order valence-corrected chi connectivity index (χ4v) is 3.00. The molecule has 1 aromatic rings. The van der Waals surface area contributed by atoms with E-state index < -0.39 is 0 Å². The van der Waals surface area contributed by atoms with Gasteiger partial charge in [-0.05, 0) is 45.1 Å². The predicted octanol–water partition coefficient (Wildman–Crippen LogP) is 2.98. The van der Waals surface area contributed by atoms with Crippen LogP contribution < -0.4 is 5.32 Å². The van der Waals surface area contributed by atoms with Crippen LogP contribution in [0.3, 0.4) is 0 Å². The number of hydrogen-bond donors (Lipinski definition) is 1. The Hall–Kier alpha value is -0.830. The van der Waals surface area contributed by atoms with Crippen LogP contribution in [0.2, 0.25) is 0 Å². The first-order valence-electron chi connectivity index (χ1n) is 7.32. The summed E-state index contributed by atoms with van der Waals surface area (Å²) in [5.74, 6) is 0.896. The van der Waals surface area contributed by atoms with Gasteiger partial charge < -0.3 is 5.32 Å². The van der Waals surface area contributed by atoms with Crippen molar-refractivity contribution in [3.63, 3.8) is 0 Å². The van der Waals surface area contributed by atoms with Crippen molar-refractivity contribution >= 4 is 0 Å². The van der Waals surface area contributed by atoms with E-state index in [1.807, 2.05) is 0 Å². The van der Waals surface area contributed by atoms with E-state index >= 15 is 0 Å². The van der Waals surface area contributed by atoms with Crippen LogP contribution in [0.25, 0.3) is 0 Å². The second-order valence-corrected chi connectivity index (χ2v) is 5.94. The smallest absolute Gasteiger partial charge is 0.0625 e. The van der Waals surface area contributed by atoms with Gasteiger partial charge >= 0.3 is 0 Å². The lowest BCUT2D eigenvalue weighted by Gasteiger charge is -2.27.